The normalized spacial score (nSPS) is 18.9. The van der Waals surface area contributed by atoms with Crippen LogP contribution < -0.4 is 0 Å². The number of benzene rings is 2. The third kappa shape index (κ3) is 3.02. The van der Waals surface area contributed by atoms with Crippen molar-refractivity contribution in [1.82, 2.24) is 9.80 Å². The second kappa shape index (κ2) is 6.97. The molecule has 2 aliphatic rings. The fourth-order valence-electron chi connectivity index (χ4n) is 3.54. The minimum atomic E-state index is -0.471. The predicted octanol–water partition coefficient (Wildman–Crippen LogP) is 2.50. The van der Waals surface area contributed by atoms with Gasteiger partial charge in [-0.25, -0.2) is 4.39 Å². The average molecular weight is 354 g/mol. The summed E-state index contributed by atoms with van der Waals surface area (Å²) in [5, 5.41) is 0. The Morgan fingerprint density at radius 1 is 0.923 bits per heavy atom. The van der Waals surface area contributed by atoms with Crippen molar-refractivity contribution in [2.45, 2.75) is 6.04 Å². The maximum Gasteiger partial charge on any atom is 0.262 e. The van der Waals surface area contributed by atoms with Gasteiger partial charge in [-0.05, 0) is 29.8 Å². The molecule has 1 saturated heterocycles. The summed E-state index contributed by atoms with van der Waals surface area (Å²) in [7, 11) is 0. The number of carbonyl (C=O) groups excluding carboxylic acids is 2. The van der Waals surface area contributed by atoms with Crippen LogP contribution in [0.5, 0.6) is 0 Å². The van der Waals surface area contributed by atoms with E-state index in [0.717, 1.165) is 18.7 Å². The molecule has 0 saturated carbocycles. The van der Waals surface area contributed by atoms with Crippen molar-refractivity contribution in [3.63, 3.8) is 0 Å². The standard InChI is InChI=1S/C20H19FN2O3/c21-15-7-5-14(6-8-15)18(13-22-9-11-26-12-10-22)23-19(24)16-3-1-2-4-17(16)20(23)25/h1-8,18H,9-13H2/t18-/m1/s1. The second-order valence-electron chi connectivity index (χ2n) is 6.51. The lowest BCUT2D eigenvalue weighted by molar-refractivity contribution is 0.0222. The van der Waals surface area contributed by atoms with Crippen LogP contribution in [0.15, 0.2) is 48.5 Å². The molecule has 2 aromatic rings. The highest BCUT2D eigenvalue weighted by Gasteiger charge is 2.41. The summed E-state index contributed by atoms with van der Waals surface area (Å²) in [4.78, 5) is 29.3. The molecule has 134 valence electrons. The van der Waals surface area contributed by atoms with Gasteiger partial charge in [-0.1, -0.05) is 24.3 Å². The molecule has 4 rings (SSSR count). The Bertz CT molecular complexity index is 796. The minimum absolute atomic E-state index is 0.298. The van der Waals surface area contributed by atoms with Gasteiger partial charge in [0.15, 0.2) is 0 Å². The van der Waals surface area contributed by atoms with Crippen LogP contribution in [0.4, 0.5) is 4.39 Å². The first-order chi connectivity index (χ1) is 12.6. The van der Waals surface area contributed by atoms with E-state index in [1.54, 1.807) is 36.4 Å². The van der Waals surface area contributed by atoms with Crippen molar-refractivity contribution < 1.29 is 18.7 Å². The number of morpholine rings is 1. The molecule has 2 amide bonds. The van der Waals surface area contributed by atoms with Crippen LogP contribution in [0.2, 0.25) is 0 Å². The molecule has 0 bridgehead atoms. The summed E-state index contributed by atoms with van der Waals surface area (Å²) in [6.45, 7) is 3.22. The fourth-order valence-corrected chi connectivity index (χ4v) is 3.54. The lowest BCUT2D eigenvalue weighted by Crippen LogP contribution is -2.45. The Morgan fingerprint density at radius 3 is 2.08 bits per heavy atom. The van der Waals surface area contributed by atoms with E-state index in [0.29, 0.717) is 30.9 Å². The van der Waals surface area contributed by atoms with E-state index in [1.807, 2.05) is 0 Å². The van der Waals surface area contributed by atoms with Gasteiger partial charge in [0.25, 0.3) is 11.8 Å². The van der Waals surface area contributed by atoms with Gasteiger partial charge >= 0.3 is 0 Å². The fraction of sp³-hybridized carbons (Fsp3) is 0.300. The summed E-state index contributed by atoms with van der Waals surface area (Å²) < 4.78 is 18.8. The van der Waals surface area contributed by atoms with Crippen LogP contribution in [-0.2, 0) is 4.74 Å². The monoisotopic (exact) mass is 354 g/mol. The molecular formula is C20H19FN2O3. The molecule has 1 fully saturated rings. The van der Waals surface area contributed by atoms with Gasteiger partial charge in [-0.3, -0.25) is 19.4 Å². The summed E-state index contributed by atoms with van der Waals surface area (Å²) in [6.07, 6.45) is 0. The first-order valence-corrected chi connectivity index (χ1v) is 8.67. The molecule has 1 atom stereocenters. The van der Waals surface area contributed by atoms with Gasteiger partial charge in [0.05, 0.1) is 30.4 Å². The molecule has 0 aromatic heterocycles. The van der Waals surface area contributed by atoms with E-state index in [2.05, 4.69) is 4.90 Å². The first-order valence-electron chi connectivity index (χ1n) is 8.67. The Morgan fingerprint density at radius 2 is 1.50 bits per heavy atom. The number of ether oxygens (including phenoxy) is 1. The summed E-state index contributed by atoms with van der Waals surface area (Å²) >= 11 is 0. The van der Waals surface area contributed by atoms with E-state index in [9.17, 15) is 14.0 Å². The van der Waals surface area contributed by atoms with Gasteiger partial charge in [0, 0.05) is 19.6 Å². The lowest BCUT2D eigenvalue weighted by Gasteiger charge is -2.34. The number of hydrogen-bond acceptors (Lipinski definition) is 4. The summed E-state index contributed by atoms with van der Waals surface area (Å²) in [5.41, 5.74) is 1.59. The van der Waals surface area contributed by atoms with Gasteiger partial charge in [-0.2, -0.15) is 0 Å². The molecule has 6 heteroatoms. The van der Waals surface area contributed by atoms with Crippen molar-refractivity contribution in [3.05, 3.63) is 71.0 Å². The third-order valence-corrected chi connectivity index (χ3v) is 4.93. The first kappa shape index (κ1) is 16.9. The molecule has 0 spiro atoms. The summed E-state index contributed by atoms with van der Waals surface area (Å²) in [5.74, 6) is -0.942. The van der Waals surface area contributed by atoms with E-state index in [-0.39, 0.29) is 17.6 Å². The van der Waals surface area contributed by atoms with Crippen LogP contribution >= 0.6 is 0 Å². The topological polar surface area (TPSA) is 49.9 Å². The number of fused-ring (bicyclic) bond motifs is 1. The van der Waals surface area contributed by atoms with Gasteiger partial charge in [-0.15, -0.1) is 0 Å². The Hall–Kier alpha value is -2.57. The third-order valence-electron chi connectivity index (χ3n) is 4.93. The number of halogens is 1. The van der Waals surface area contributed by atoms with Gasteiger partial charge < -0.3 is 4.74 Å². The van der Waals surface area contributed by atoms with Crippen molar-refractivity contribution in [1.29, 1.82) is 0 Å². The van der Waals surface area contributed by atoms with Crippen LogP contribution in [0, 0.1) is 5.82 Å². The average Bonchev–Trinajstić information content (AvgIpc) is 2.93. The zero-order valence-corrected chi connectivity index (χ0v) is 14.2. The zero-order valence-electron chi connectivity index (χ0n) is 14.2. The molecule has 0 N–H and O–H groups in total. The molecule has 26 heavy (non-hydrogen) atoms. The number of hydrogen-bond donors (Lipinski definition) is 0. The highest BCUT2D eigenvalue weighted by molar-refractivity contribution is 6.21. The highest BCUT2D eigenvalue weighted by atomic mass is 19.1. The molecule has 0 radical (unpaired) electrons. The molecule has 2 aromatic carbocycles. The van der Waals surface area contributed by atoms with E-state index >= 15 is 0 Å². The molecule has 0 unspecified atom stereocenters. The van der Waals surface area contributed by atoms with E-state index in [4.69, 9.17) is 4.74 Å². The SMILES string of the molecule is O=C1c2ccccc2C(=O)N1[C@H](CN1CCOCC1)c1ccc(F)cc1. The van der Waals surface area contributed by atoms with Crippen molar-refractivity contribution in [3.8, 4) is 0 Å². The number of rotatable bonds is 4. The maximum absolute atomic E-state index is 13.4. The highest BCUT2D eigenvalue weighted by Crippen LogP contribution is 2.32. The molecule has 2 aliphatic heterocycles. The van der Waals surface area contributed by atoms with Crippen molar-refractivity contribution >= 4 is 11.8 Å². The maximum atomic E-state index is 13.4. The number of nitrogens with zero attached hydrogens (tertiary/aromatic N) is 2. The van der Waals surface area contributed by atoms with Crippen molar-refractivity contribution in [2.75, 3.05) is 32.8 Å². The molecular weight excluding hydrogens is 335 g/mol. The summed E-state index contributed by atoms with van der Waals surface area (Å²) in [6, 6.07) is 12.4. The predicted molar refractivity (Wildman–Crippen MR) is 93.3 cm³/mol. The molecule has 5 nitrogen and oxygen atoms in total. The van der Waals surface area contributed by atoms with Crippen LogP contribution in [0.1, 0.15) is 32.3 Å². The molecule has 0 aliphatic carbocycles. The quantitative estimate of drug-likeness (QED) is 0.792. The van der Waals surface area contributed by atoms with Crippen LogP contribution in [-0.4, -0.2) is 54.5 Å². The van der Waals surface area contributed by atoms with Crippen LogP contribution in [0.3, 0.4) is 0 Å². The lowest BCUT2D eigenvalue weighted by atomic mass is 10.0. The Kier molecular flexibility index (Phi) is 4.53. The second-order valence-corrected chi connectivity index (χ2v) is 6.51. The van der Waals surface area contributed by atoms with E-state index in [1.165, 1.54) is 17.0 Å². The number of imide groups is 1. The zero-order chi connectivity index (χ0) is 18.1. The Balaban J connectivity index is 1.69. The van der Waals surface area contributed by atoms with Crippen molar-refractivity contribution in [2.24, 2.45) is 0 Å². The number of carbonyl (C=O) groups is 2. The van der Waals surface area contributed by atoms with Gasteiger partial charge in [0.1, 0.15) is 5.82 Å². The smallest absolute Gasteiger partial charge is 0.262 e. The van der Waals surface area contributed by atoms with Crippen LogP contribution in [0.25, 0.3) is 0 Å². The Labute approximate surface area is 151 Å². The minimum Gasteiger partial charge on any atom is -0.379 e. The number of amides is 2. The molecule has 2 heterocycles. The van der Waals surface area contributed by atoms with Gasteiger partial charge in [0.2, 0.25) is 0 Å². The largest absolute Gasteiger partial charge is 0.379 e. The van der Waals surface area contributed by atoms with E-state index < -0.39 is 6.04 Å².